The van der Waals surface area contributed by atoms with Crippen LogP contribution in [0.3, 0.4) is 0 Å². The highest BCUT2D eigenvalue weighted by Gasteiger charge is 2.29. The topological polar surface area (TPSA) is 113 Å². The Balaban J connectivity index is 2.01. The minimum atomic E-state index is -1.22. The standard InChI is InChI=1S/C20H21N3O5/c1-11(20(27)28)21-18(25)16-17(24)15-10-12-6-2-5-9-14(12)23(15)22(19(16)26)13-7-3-4-8-13/h2,5-6,9-11,13,24H,3-4,7-8H2,1H3,(H,21,25)(H,27,28)/t11-/m0/s1. The molecule has 8 heteroatoms. The van der Waals surface area contributed by atoms with E-state index in [1.54, 1.807) is 15.3 Å². The highest BCUT2D eigenvalue weighted by molar-refractivity contribution is 6.01. The molecule has 28 heavy (non-hydrogen) atoms. The second-order valence-electron chi connectivity index (χ2n) is 7.25. The number of carbonyl (C=O) groups excluding carboxylic acids is 1. The van der Waals surface area contributed by atoms with Gasteiger partial charge in [-0.25, -0.2) is 9.20 Å². The van der Waals surface area contributed by atoms with Gasteiger partial charge >= 0.3 is 5.97 Å². The normalized spacial score (nSPS) is 15.9. The van der Waals surface area contributed by atoms with E-state index in [-0.39, 0.29) is 6.04 Å². The summed E-state index contributed by atoms with van der Waals surface area (Å²) in [5.74, 6) is -2.55. The number of aromatic nitrogens is 2. The molecule has 0 radical (unpaired) electrons. The van der Waals surface area contributed by atoms with Gasteiger partial charge in [-0.15, -0.1) is 0 Å². The zero-order valence-corrected chi connectivity index (χ0v) is 15.4. The summed E-state index contributed by atoms with van der Waals surface area (Å²) in [6.07, 6.45) is 3.57. The van der Waals surface area contributed by atoms with E-state index >= 15 is 0 Å². The molecule has 0 aliphatic heterocycles. The van der Waals surface area contributed by atoms with E-state index in [2.05, 4.69) is 5.32 Å². The third-order valence-corrected chi connectivity index (χ3v) is 5.42. The molecule has 1 fully saturated rings. The SMILES string of the molecule is C[C@H](NC(=O)c1c(O)c2cc3ccccc3n2n(C2CCCC2)c1=O)C(=O)O. The summed E-state index contributed by atoms with van der Waals surface area (Å²) in [6, 6.07) is 7.90. The third-order valence-electron chi connectivity index (χ3n) is 5.42. The average Bonchev–Trinajstić information content (AvgIpc) is 3.30. The van der Waals surface area contributed by atoms with E-state index in [9.17, 15) is 19.5 Å². The Kier molecular flexibility index (Phi) is 4.33. The van der Waals surface area contributed by atoms with E-state index in [0.29, 0.717) is 5.52 Å². The number of hydrogen-bond donors (Lipinski definition) is 3. The fraction of sp³-hybridized carbons (Fsp3) is 0.350. The number of hydrogen-bond acceptors (Lipinski definition) is 4. The van der Waals surface area contributed by atoms with Crippen LogP contribution in [-0.2, 0) is 4.79 Å². The highest BCUT2D eigenvalue weighted by Crippen LogP contribution is 2.33. The Morgan fingerprint density at radius 1 is 1.18 bits per heavy atom. The van der Waals surface area contributed by atoms with Crippen molar-refractivity contribution in [2.75, 3.05) is 0 Å². The fourth-order valence-corrected chi connectivity index (χ4v) is 3.99. The van der Waals surface area contributed by atoms with E-state index in [4.69, 9.17) is 5.11 Å². The minimum Gasteiger partial charge on any atom is -0.505 e. The van der Waals surface area contributed by atoms with Gasteiger partial charge in [-0.2, -0.15) is 0 Å². The molecule has 2 aromatic heterocycles. The molecule has 0 spiro atoms. The Morgan fingerprint density at radius 3 is 2.54 bits per heavy atom. The first-order valence-corrected chi connectivity index (χ1v) is 9.31. The molecule has 3 N–H and O–H groups in total. The summed E-state index contributed by atoms with van der Waals surface area (Å²) < 4.78 is 3.23. The van der Waals surface area contributed by atoms with Crippen molar-refractivity contribution in [1.29, 1.82) is 0 Å². The number of aliphatic carboxylic acids is 1. The second kappa shape index (κ2) is 6.70. The maximum Gasteiger partial charge on any atom is 0.325 e. The first-order chi connectivity index (χ1) is 13.4. The van der Waals surface area contributed by atoms with Gasteiger partial charge in [0.1, 0.15) is 17.1 Å². The quantitative estimate of drug-likeness (QED) is 0.640. The first-order valence-electron chi connectivity index (χ1n) is 9.31. The van der Waals surface area contributed by atoms with Crippen molar-refractivity contribution in [3.05, 3.63) is 46.2 Å². The molecule has 1 aliphatic carbocycles. The molecule has 0 unspecified atom stereocenters. The lowest BCUT2D eigenvalue weighted by atomic mass is 10.2. The number of benzene rings is 1. The van der Waals surface area contributed by atoms with Gasteiger partial charge in [-0.1, -0.05) is 31.0 Å². The number of aromatic hydroxyl groups is 1. The van der Waals surface area contributed by atoms with Crippen LogP contribution in [0.2, 0.25) is 0 Å². The van der Waals surface area contributed by atoms with Gasteiger partial charge in [0.15, 0.2) is 5.75 Å². The summed E-state index contributed by atoms with van der Waals surface area (Å²) in [6.45, 7) is 1.30. The summed E-state index contributed by atoms with van der Waals surface area (Å²) >= 11 is 0. The number of rotatable bonds is 4. The van der Waals surface area contributed by atoms with Crippen LogP contribution in [0.4, 0.5) is 0 Å². The average molecular weight is 383 g/mol. The predicted octanol–water partition coefficient (Wildman–Crippen LogP) is 2.28. The zero-order chi connectivity index (χ0) is 20.0. The van der Waals surface area contributed by atoms with Crippen LogP contribution in [-0.4, -0.2) is 37.3 Å². The Bertz CT molecular complexity index is 1150. The smallest absolute Gasteiger partial charge is 0.325 e. The Morgan fingerprint density at radius 2 is 1.86 bits per heavy atom. The van der Waals surface area contributed by atoms with Gasteiger partial charge in [0.05, 0.1) is 11.6 Å². The monoisotopic (exact) mass is 383 g/mol. The second-order valence-corrected chi connectivity index (χ2v) is 7.25. The Hall–Kier alpha value is -3.29. The molecule has 1 aromatic carbocycles. The number of nitrogens with one attached hydrogen (secondary N) is 1. The molecular weight excluding hydrogens is 362 g/mol. The van der Waals surface area contributed by atoms with Crippen molar-refractivity contribution in [2.24, 2.45) is 0 Å². The van der Waals surface area contributed by atoms with Gasteiger partial charge in [-0.05, 0) is 31.9 Å². The van der Waals surface area contributed by atoms with Crippen molar-refractivity contribution in [2.45, 2.75) is 44.7 Å². The maximum absolute atomic E-state index is 13.3. The molecule has 1 saturated carbocycles. The van der Waals surface area contributed by atoms with Crippen molar-refractivity contribution >= 4 is 28.3 Å². The summed E-state index contributed by atoms with van der Waals surface area (Å²) in [5, 5.41) is 22.9. The highest BCUT2D eigenvalue weighted by atomic mass is 16.4. The van der Waals surface area contributed by atoms with Crippen molar-refractivity contribution in [3.8, 4) is 5.75 Å². The number of carboxylic acids is 1. The van der Waals surface area contributed by atoms with Gasteiger partial charge in [-0.3, -0.25) is 14.4 Å². The zero-order valence-electron chi connectivity index (χ0n) is 15.4. The van der Waals surface area contributed by atoms with Crippen molar-refractivity contribution in [1.82, 2.24) is 14.5 Å². The van der Waals surface area contributed by atoms with E-state index in [1.807, 2.05) is 24.3 Å². The van der Waals surface area contributed by atoms with E-state index < -0.39 is 34.8 Å². The molecule has 8 nitrogen and oxygen atoms in total. The Labute approximate surface area is 160 Å². The summed E-state index contributed by atoms with van der Waals surface area (Å²) in [7, 11) is 0. The van der Waals surface area contributed by atoms with Crippen LogP contribution in [0.5, 0.6) is 5.75 Å². The van der Waals surface area contributed by atoms with Crippen LogP contribution in [0.15, 0.2) is 35.1 Å². The van der Waals surface area contributed by atoms with Crippen LogP contribution >= 0.6 is 0 Å². The summed E-state index contributed by atoms with van der Waals surface area (Å²) in [5.41, 5.74) is 0.0761. The molecule has 1 amide bonds. The van der Waals surface area contributed by atoms with Crippen molar-refractivity contribution in [3.63, 3.8) is 0 Å². The van der Waals surface area contributed by atoms with Gasteiger partial charge < -0.3 is 15.5 Å². The first kappa shape index (κ1) is 18.1. The van der Waals surface area contributed by atoms with E-state index in [0.717, 1.165) is 36.6 Å². The largest absolute Gasteiger partial charge is 0.505 e. The van der Waals surface area contributed by atoms with Crippen LogP contribution < -0.4 is 10.9 Å². The van der Waals surface area contributed by atoms with Crippen LogP contribution in [0.1, 0.15) is 49.0 Å². The number of amides is 1. The number of nitrogens with zero attached hydrogens (tertiary/aromatic N) is 2. The molecule has 1 atom stereocenters. The van der Waals surface area contributed by atoms with Crippen LogP contribution in [0.25, 0.3) is 16.4 Å². The molecule has 146 valence electrons. The number of fused-ring (bicyclic) bond motifs is 3. The molecule has 1 aliphatic rings. The van der Waals surface area contributed by atoms with Crippen LogP contribution in [0, 0.1) is 0 Å². The fourth-order valence-electron chi connectivity index (χ4n) is 3.99. The van der Waals surface area contributed by atoms with Gasteiger partial charge in [0.2, 0.25) is 0 Å². The number of carboxylic acid groups (broad SMARTS) is 1. The maximum atomic E-state index is 13.3. The minimum absolute atomic E-state index is 0.0881. The summed E-state index contributed by atoms with van der Waals surface area (Å²) in [4.78, 5) is 37.0. The lowest BCUT2D eigenvalue weighted by Gasteiger charge is -2.20. The number of carbonyl (C=O) groups is 2. The molecule has 0 saturated heterocycles. The predicted molar refractivity (Wildman–Crippen MR) is 103 cm³/mol. The number of para-hydroxylation sites is 1. The van der Waals surface area contributed by atoms with E-state index in [1.165, 1.54) is 6.92 Å². The van der Waals surface area contributed by atoms with Gasteiger partial charge in [0, 0.05) is 5.39 Å². The molecule has 2 heterocycles. The lowest BCUT2D eigenvalue weighted by molar-refractivity contribution is -0.138. The lowest BCUT2D eigenvalue weighted by Crippen LogP contribution is -2.42. The molecule has 3 aromatic rings. The molecular formula is C20H21N3O5. The van der Waals surface area contributed by atoms with Gasteiger partial charge in [0.25, 0.3) is 11.5 Å². The molecule has 4 rings (SSSR count). The molecule has 0 bridgehead atoms. The van der Waals surface area contributed by atoms with Crippen molar-refractivity contribution < 1.29 is 19.8 Å². The third kappa shape index (κ3) is 2.72.